The molecule has 10 nitrogen and oxygen atoms in total. The van der Waals surface area contributed by atoms with Gasteiger partial charge in [-0.25, -0.2) is 27.9 Å². The van der Waals surface area contributed by atoms with Crippen LogP contribution in [0.3, 0.4) is 0 Å². The third-order valence-corrected chi connectivity index (χ3v) is 12.7. The highest BCUT2D eigenvalue weighted by molar-refractivity contribution is 7.90. The van der Waals surface area contributed by atoms with Crippen molar-refractivity contribution < 1.29 is 32.9 Å². The van der Waals surface area contributed by atoms with Crippen molar-refractivity contribution in [2.24, 2.45) is 46.3 Å². The monoisotopic (exact) mass is 607 g/mol. The first-order valence-electron chi connectivity index (χ1n) is 15.6. The van der Waals surface area contributed by atoms with E-state index in [1.165, 1.54) is 0 Å². The molecule has 236 valence electrons. The Balaban J connectivity index is 1.19. The highest BCUT2D eigenvalue weighted by atomic mass is 32.2. The van der Waals surface area contributed by atoms with Crippen LogP contribution in [0.15, 0.2) is 17.3 Å². The summed E-state index contributed by atoms with van der Waals surface area (Å²) in [7, 11) is -4.21. The Morgan fingerprint density at radius 3 is 2.36 bits per heavy atom. The maximum atomic E-state index is 12.7. The van der Waals surface area contributed by atoms with E-state index in [0.717, 1.165) is 63.8 Å². The molecule has 4 aliphatic rings. The first-order valence-corrected chi connectivity index (χ1v) is 17.1. The topological polar surface area (TPSA) is 148 Å². The number of ether oxygens (including phenoxy) is 2. The minimum atomic E-state index is -4.21. The first-order chi connectivity index (χ1) is 19.5. The molecule has 5 rings (SSSR count). The number of carbonyl (C=O) groups is 1. The van der Waals surface area contributed by atoms with Crippen LogP contribution in [0.5, 0.6) is 6.01 Å². The molecule has 4 fully saturated rings. The number of fused-ring (bicyclic) bond motifs is 5. The molecule has 0 aromatic carbocycles. The summed E-state index contributed by atoms with van der Waals surface area (Å²) in [5, 5.41) is 21.8. The molecule has 4 saturated carbocycles. The second kappa shape index (κ2) is 11.2. The number of carbonyl (C=O) groups excluding carboxylic acids is 1. The molecule has 11 heteroatoms. The smallest absolute Gasteiger partial charge is 0.421 e. The molecule has 42 heavy (non-hydrogen) atoms. The molecular weight excluding hydrogens is 558 g/mol. The van der Waals surface area contributed by atoms with Crippen LogP contribution in [0.1, 0.15) is 92.9 Å². The Morgan fingerprint density at radius 2 is 1.69 bits per heavy atom. The predicted molar refractivity (Wildman–Crippen MR) is 156 cm³/mol. The lowest BCUT2D eigenvalue weighted by Crippen LogP contribution is -2.58. The molecule has 0 saturated heterocycles. The molecule has 0 unspecified atom stereocenters. The maximum Gasteiger partial charge on any atom is 0.421 e. The Labute approximate surface area is 250 Å². The minimum Gasteiger partial charge on any atom is -0.458 e. The lowest BCUT2D eigenvalue weighted by Gasteiger charge is -2.62. The summed E-state index contributed by atoms with van der Waals surface area (Å²) in [6, 6.07) is 0.0439. The average Bonchev–Trinajstić information content (AvgIpc) is 3.24. The van der Waals surface area contributed by atoms with Gasteiger partial charge in [-0.3, -0.25) is 0 Å². The molecule has 4 aliphatic carbocycles. The van der Waals surface area contributed by atoms with Crippen molar-refractivity contribution in [1.29, 1.82) is 0 Å². The number of nitrogens with zero attached hydrogens (tertiary/aromatic N) is 2. The molecule has 3 N–H and O–H groups in total. The quantitative estimate of drug-likeness (QED) is 0.419. The molecule has 10 atom stereocenters. The molecule has 0 radical (unpaired) electrons. The third-order valence-electron chi connectivity index (χ3n) is 11.4. The second-order valence-electron chi connectivity index (χ2n) is 15.0. The van der Waals surface area contributed by atoms with Crippen LogP contribution in [-0.2, 0) is 14.8 Å². The summed E-state index contributed by atoms with van der Waals surface area (Å²) in [5.74, 6) is 1.86. The normalized spacial score (nSPS) is 38.9. The molecule has 1 aromatic heterocycles. The highest BCUT2D eigenvalue weighted by Gasteiger charge is 2.62. The maximum absolute atomic E-state index is 12.7. The van der Waals surface area contributed by atoms with Gasteiger partial charge >= 0.3 is 12.1 Å². The lowest BCUT2D eigenvalue weighted by molar-refractivity contribution is -0.174. The number of nitrogens with one attached hydrogen (secondary N) is 1. The summed E-state index contributed by atoms with van der Waals surface area (Å²) in [6.45, 7) is 12.4. The van der Waals surface area contributed by atoms with Gasteiger partial charge in [-0.1, -0.05) is 20.8 Å². The summed E-state index contributed by atoms with van der Waals surface area (Å²) in [6.07, 6.45) is 8.23. The van der Waals surface area contributed by atoms with Crippen molar-refractivity contribution in [1.82, 2.24) is 14.7 Å². The van der Waals surface area contributed by atoms with E-state index in [2.05, 4.69) is 30.7 Å². The van der Waals surface area contributed by atoms with Gasteiger partial charge in [0.25, 0.3) is 10.0 Å². The Bertz CT molecular complexity index is 1250. The number of aromatic nitrogens is 2. The van der Waals surface area contributed by atoms with Gasteiger partial charge in [0, 0.05) is 0 Å². The Hall–Kier alpha value is -1.98. The Kier molecular flexibility index (Phi) is 8.37. The van der Waals surface area contributed by atoms with E-state index in [-0.39, 0.29) is 52.4 Å². The van der Waals surface area contributed by atoms with Crippen LogP contribution in [0.25, 0.3) is 0 Å². The molecule has 1 aromatic rings. The SMILES string of the molecule is C[C@H](COC(=O)NS(=O)(=O)c1cnc(OC(C)(C)C)nc1)[C@H]1CC[C@H]2[C@@H]3[C@H](O)C[C@@H]4C[C@H](O)CC[C@]4(C)[C@H]3CC[C@]12C. The van der Waals surface area contributed by atoms with Gasteiger partial charge in [0.05, 0.1) is 31.2 Å². The second-order valence-corrected chi connectivity index (χ2v) is 16.7. The van der Waals surface area contributed by atoms with Crippen molar-refractivity contribution in [3.05, 3.63) is 12.4 Å². The summed E-state index contributed by atoms with van der Waals surface area (Å²) < 4.78 is 38.4. The minimum absolute atomic E-state index is 0.0268. The van der Waals surface area contributed by atoms with E-state index < -0.39 is 21.7 Å². The van der Waals surface area contributed by atoms with E-state index in [9.17, 15) is 23.4 Å². The zero-order valence-corrected chi connectivity index (χ0v) is 26.7. The van der Waals surface area contributed by atoms with Crippen LogP contribution in [0.4, 0.5) is 4.79 Å². The highest BCUT2D eigenvalue weighted by Crippen LogP contribution is 2.68. The van der Waals surface area contributed by atoms with E-state index >= 15 is 0 Å². The zero-order chi connectivity index (χ0) is 30.7. The van der Waals surface area contributed by atoms with Gasteiger partial charge in [-0.2, -0.15) is 0 Å². The van der Waals surface area contributed by atoms with Crippen LogP contribution in [-0.4, -0.2) is 59.1 Å². The number of rotatable bonds is 6. The fourth-order valence-electron chi connectivity index (χ4n) is 9.47. The number of hydrogen-bond acceptors (Lipinski definition) is 9. The molecule has 1 heterocycles. The molecule has 0 bridgehead atoms. The predicted octanol–water partition coefficient (Wildman–Crippen LogP) is 4.70. The largest absolute Gasteiger partial charge is 0.458 e. The van der Waals surface area contributed by atoms with Crippen molar-refractivity contribution in [3.8, 4) is 6.01 Å². The molecular formula is C31H49N3O7S. The number of hydrogen-bond donors (Lipinski definition) is 3. The van der Waals surface area contributed by atoms with Gasteiger partial charge in [-0.15, -0.1) is 0 Å². The van der Waals surface area contributed by atoms with Crippen molar-refractivity contribution in [2.45, 2.75) is 116 Å². The van der Waals surface area contributed by atoms with Gasteiger partial charge in [0.1, 0.15) is 10.5 Å². The lowest BCUT2D eigenvalue weighted by atomic mass is 9.43. The van der Waals surface area contributed by atoms with Crippen LogP contribution in [0, 0.1) is 46.3 Å². The van der Waals surface area contributed by atoms with Crippen LogP contribution in [0.2, 0.25) is 0 Å². The average molecular weight is 608 g/mol. The van der Waals surface area contributed by atoms with Gasteiger partial charge in [0.15, 0.2) is 0 Å². The van der Waals surface area contributed by atoms with Crippen molar-refractivity contribution in [3.63, 3.8) is 0 Å². The van der Waals surface area contributed by atoms with Crippen LogP contribution >= 0.6 is 0 Å². The molecule has 0 aliphatic heterocycles. The van der Waals surface area contributed by atoms with Gasteiger partial charge < -0.3 is 19.7 Å². The number of amides is 1. The van der Waals surface area contributed by atoms with Crippen molar-refractivity contribution >= 4 is 16.1 Å². The fraction of sp³-hybridized carbons (Fsp3) is 0.839. The standard InChI is InChI=1S/C31H49N3O7S/c1-18(17-40-28(37)34-42(38,39)21-15-32-27(33-16-21)41-29(2,3)4)22-7-8-23-26-24(10-12-31(22,23)6)30(5)11-9-20(35)13-19(30)14-25(26)36/h15-16,18-20,22-26,35-36H,7-14,17H2,1-6H3,(H,34,37)/t18-,19+,20-,22-,23+,24+,25-,26+,30+,31-/m1/s1. The Morgan fingerprint density at radius 1 is 1.05 bits per heavy atom. The molecule has 1 amide bonds. The van der Waals surface area contributed by atoms with E-state index in [0.29, 0.717) is 23.7 Å². The fourth-order valence-corrected chi connectivity index (χ4v) is 10.2. The van der Waals surface area contributed by atoms with Crippen molar-refractivity contribution in [2.75, 3.05) is 6.61 Å². The zero-order valence-electron chi connectivity index (χ0n) is 25.9. The molecule has 0 spiro atoms. The first kappa shape index (κ1) is 31.4. The van der Waals surface area contributed by atoms with Crippen LogP contribution < -0.4 is 9.46 Å². The van der Waals surface area contributed by atoms with E-state index in [1.807, 2.05) is 25.5 Å². The summed E-state index contributed by atoms with van der Waals surface area (Å²) in [4.78, 5) is 20.2. The van der Waals surface area contributed by atoms with E-state index in [1.54, 1.807) is 0 Å². The number of aliphatic hydroxyl groups is 2. The van der Waals surface area contributed by atoms with Gasteiger partial charge in [0.2, 0.25) is 0 Å². The van der Waals surface area contributed by atoms with Gasteiger partial charge in [-0.05, 0) is 118 Å². The third kappa shape index (κ3) is 5.89. The number of sulfonamides is 1. The summed E-state index contributed by atoms with van der Waals surface area (Å²) >= 11 is 0. The summed E-state index contributed by atoms with van der Waals surface area (Å²) in [5.41, 5.74) is -0.336. The van der Waals surface area contributed by atoms with E-state index in [4.69, 9.17) is 9.47 Å². The number of aliphatic hydroxyl groups excluding tert-OH is 2.